The third-order valence-corrected chi connectivity index (χ3v) is 29.8. The van der Waals surface area contributed by atoms with Crippen LogP contribution in [0, 0.1) is 137 Å². The summed E-state index contributed by atoms with van der Waals surface area (Å²) in [6.07, 6.45) is 36.9. The van der Waals surface area contributed by atoms with Crippen molar-refractivity contribution in [2.24, 2.45) is 34.6 Å². The molecule has 10 fully saturated rings. The molecule has 0 bridgehead atoms. The normalized spacial score (nSPS) is 20.4. The van der Waals surface area contributed by atoms with Gasteiger partial charge in [-0.15, -0.1) is 0 Å². The zero-order valence-electron chi connectivity index (χ0n) is 78.1. The number of carbonyl (C=O) groups excluding carboxylic acids is 10. The smallest absolute Gasteiger partial charge is 0.870 e. The van der Waals surface area contributed by atoms with Crippen molar-refractivity contribution in [2.45, 2.75) is 129 Å². The Bertz CT molecular complexity index is 4330. The number of thiocyanates is 1. The molecule has 7 atom stereocenters. The van der Waals surface area contributed by atoms with Gasteiger partial charge in [-0.25, -0.2) is 9.10 Å². The quantitative estimate of drug-likeness (QED) is 0.0113. The van der Waals surface area contributed by atoms with E-state index in [0.717, 1.165) is 123 Å². The Balaban J connectivity index is -0.000000175. The van der Waals surface area contributed by atoms with Gasteiger partial charge in [0, 0.05) is 274 Å². The fourth-order valence-electron chi connectivity index (χ4n) is 11.8. The summed E-state index contributed by atoms with van der Waals surface area (Å²) in [5, 5.41) is 25.1. The first-order chi connectivity index (χ1) is 62.2. The van der Waals surface area contributed by atoms with Crippen LogP contribution in [-0.2, 0) is 337 Å². The molecule has 10 rings (SSSR count). The molecule has 26 radical (unpaired) electrons. The third kappa shape index (κ3) is 67.0. The van der Waals surface area contributed by atoms with E-state index in [9.17, 15) is 52.7 Å². The predicted octanol–water partition coefficient (Wildman–Crippen LogP) is 2.80. The number of carbonyl (C=O) groups is 11. The number of hydrogen-bond acceptors (Lipinski definition) is 26. The molecule has 0 aromatic rings. The number of nitriles is 1. The van der Waals surface area contributed by atoms with Gasteiger partial charge in [0.1, 0.15) is 6.61 Å². The number of carboxylic acid groups (broad SMARTS) is 1. The Hall–Kier alpha value is 0.473. The number of cyclic esters (lactones) is 3. The molecule has 0 aromatic carbocycles. The number of hydrogen-bond donors (Lipinski definition) is 3. The van der Waals surface area contributed by atoms with Crippen LogP contribution in [0.5, 0.6) is 0 Å². The molecule has 9 amide bonds. The number of ether oxygens (including phenoxy) is 9. The number of alkyl carbamates (subject to hydrolysis) is 1. The van der Waals surface area contributed by atoms with Crippen LogP contribution in [0.25, 0.3) is 0 Å². The number of thioether (sulfide) groups is 1. The average Bonchev–Trinajstić information content (AvgIpc) is 1.70. The summed E-state index contributed by atoms with van der Waals surface area (Å²) in [6, 6.07) is -0.839. The number of thiocarbonyl (C=S) groups is 1. The van der Waals surface area contributed by atoms with Crippen LogP contribution in [0.2, 0.25) is 0 Å². The average molecular weight is 3180 g/mol. The summed E-state index contributed by atoms with van der Waals surface area (Å²) in [6.45, 7) is 33.1. The molecule has 56 heteroatoms. The van der Waals surface area contributed by atoms with Gasteiger partial charge in [0.05, 0.1) is 18.5 Å². The number of rotatable bonds is 23. The topological polar surface area (TPSA) is 391 Å². The first-order valence-corrected chi connectivity index (χ1v) is 49.3. The maximum absolute atomic E-state index is 12.8. The van der Waals surface area contributed by atoms with Gasteiger partial charge in [-0.05, 0) is 0 Å². The second-order valence-electron chi connectivity index (χ2n) is 27.3. The summed E-state index contributed by atoms with van der Waals surface area (Å²) in [5.74, 6) is -0.639. The maximum Gasteiger partial charge on any atom is 1.00 e. The molecular formula is C85H101B13LiN7O22S3W5Y5-15. The van der Waals surface area contributed by atoms with E-state index in [-0.39, 0.29) is 332 Å². The Labute approximate surface area is 1060 Å². The van der Waals surface area contributed by atoms with E-state index in [1.165, 1.54) is 141 Å². The number of nitrogens with one attached hydrogen (secondary N) is 2. The molecule has 726 valence electrons. The molecule has 5 aliphatic heterocycles. The summed E-state index contributed by atoms with van der Waals surface area (Å²) in [5.41, 5.74) is 5.38. The van der Waals surface area contributed by atoms with E-state index in [1.807, 2.05) is 31.6 Å². The molecule has 10 aliphatic rings. The number of amides is 9. The van der Waals surface area contributed by atoms with Crippen molar-refractivity contribution in [3.63, 3.8) is 0 Å². The number of carboxylic acids is 1. The van der Waals surface area contributed by atoms with Gasteiger partial charge in [0.2, 0.25) is 11.8 Å². The number of nitrogens with zero attached hydrogens (tertiary/aromatic N) is 5. The van der Waals surface area contributed by atoms with Crippen LogP contribution >= 0.6 is 35.9 Å². The van der Waals surface area contributed by atoms with Crippen molar-refractivity contribution in [3.8, 4) is 5.40 Å². The number of allylic oxidation sites excluding steroid dienone is 10. The standard InChI is InChI=1S/C17H17N2O4S.C16H18NO4.C15H19O3.C14H14NO3S.C13H15O3.C5H4N2O2S.C3H5NO2.2CH4.B5.B4.B3.B.Li.H2O.5W.5Y/c1-12(22-2)9-13-5-3-4-6-14(10-13)15(18-11-24)16(20)19-7-8-23-17(19)21;1-12(20-2)9-13-5-3-4-6-14(10-13)11-15(18)17-7-8-21-16(17)19;1-4-18-15(16)11-14-8-6-5-7-13(10-14)9-12(2)17-3;1-9(18-2)7-10-5-3-4-6-11(8-10)12-13(16)15-14(17)19-12;1-10(16-2)7-11-5-3-4-6-12(8-11)9-13(14)15;6-3-10-7-4(8)1-2-5(7)9;5-3-4-1-2-6-3;;;1-4-5(2)3;1-4(2)3;1-3-2;;;;;;;;;;;;;/h1,3,6,9,14-15H,4-5,7-8H2,2H3;1,3,6,9,14H,4-5,7-8,11H2,2H3;2,5,8-9,14H,4,6-7,11H2,1,3H3;1,3,6-7,11-12H,4-5H2,2H3,(H,15,16,17);1,3,6-7,12H,4-5,9H2,2H3,(H,14,15);1-2H2;1-2H2,(H,4,5);2*1H4;;;;;;1H2;;;;;;;;;;/q5*-3;;;;;;;;;+1;;;;;;;;;;;/p-1. The van der Waals surface area contributed by atoms with E-state index in [2.05, 4.69) is 122 Å². The largest absolute Gasteiger partial charge is 1.00 e. The zero-order chi connectivity index (χ0) is 98.8. The van der Waals surface area contributed by atoms with E-state index in [1.54, 1.807) is 24.7 Å². The Morgan fingerprint density at radius 3 is 1.27 bits per heavy atom. The van der Waals surface area contributed by atoms with Crippen LogP contribution < -0.4 is 29.5 Å². The van der Waals surface area contributed by atoms with Crippen LogP contribution in [-0.4, -0.2) is 304 Å². The minimum Gasteiger partial charge on any atom is -0.870 e. The molecule has 5 aliphatic carbocycles. The Morgan fingerprint density at radius 1 is 0.610 bits per heavy atom. The number of esters is 1. The summed E-state index contributed by atoms with van der Waals surface area (Å²) in [4.78, 5) is 132. The van der Waals surface area contributed by atoms with Crippen LogP contribution in [0.4, 0.5) is 19.2 Å². The van der Waals surface area contributed by atoms with Gasteiger partial charge >= 0.3 is 703 Å². The second-order valence-corrected chi connectivity index (χ2v) is 37.2. The number of isothiocyanates is 1. The van der Waals surface area contributed by atoms with Crippen molar-refractivity contribution in [3.05, 3.63) is 184 Å². The summed E-state index contributed by atoms with van der Waals surface area (Å²) < 4.78 is 50.6. The van der Waals surface area contributed by atoms with E-state index in [4.69, 9.17) is 117 Å². The molecular weight excluding hydrogens is 3080 g/mol. The monoisotopic (exact) mass is 3180 g/mol. The Morgan fingerprint density at radius 2 is 0.965 bits per heavy atom. The van der Waals surface area contributed by atoms with Crippen molar-refractivity contribution >= 4 is 223 Å². The molecule has 0 spiro atoms. The van der Waals surface area contributed by atoms with Crippen molar-refractivity contribution in [2.75, 3.05) is 81.6 Å². The molecule has 5 saturated heterocycles. The van der Waals surface area contributed by atoms with E-state index >= 15 is 0 Å². The first-order valence-electron chi connectivity index (χ1n) is 39.9. The summed E-state index contributed by atoms with van der Waals surface area (Å²) >= 11 is 12.8. The van der Waals surface area contributed by atoms with Gasteiger partial charge in [-0.2, -0.15) is 5.26 Å². The van der Waals surface area contributed by atoms with E-state index in [0.29, 0.717) is 86.3 Å². The number of imide groups is 4. The molecule has 141 heavy (non-hydrogen) atoms. The summed E-state index contributed by atoms with van der Waals surface area (Å²) in [7, 11) is 47.4. The van der Waals surface area contributed by atoms with Crippen LogP contribution in [0.3, 0.4) is 0 Å². The fraction of sp³-hybridized carbons (Fsp3) is 0.435. The predicted molar refractivity (Wildman–Crippen MR) is 518 cm³/mol. The number of methoxy groups -OCH3 is 5. The zero-order valence-corrected chi connectivity index (χ0v) is 109. The third-order valence-electron chi connectivity index (χ3n) is 18.0. The van der Waals surface area contributed by atoms with Gasteiger partial charge in [-0.3, -0.25) is 9.59 Å². The minimum absolute atomic E-state index is 0. The van der Waals surface area contributed by atoms with E-state index < -0.39 is 42.9 Å². The number of aliphatic carboxylic acids is 1. The first kappa shape index (κ1) is 162. The van der Waals surface area contributed by atoms with Crippen LogP contribution in [0.15, 0.2) is 92.0 Å². The van der Waals surface area contributed by atoms with Gasteiger partial charge in [-0.1, -0.05) is 14.9 Å². The molecule has 5 saturated carbocycles. The van der Waals surface area contributed by atoms with Crippen molar-refractivity contribution in [1.82, 2.24) is 24.7 Å². The van der Waals surface area contributed by atoms with Gasteiger partial charge < -0.3 is 15.5 Å². The van der Waals surface area contributed by atoms with Crippen molar-refractivity contribution < 1.29 is 385 Å². The maximum atomic E-state index is 12.8. The Kier molecular flexibility index (Phi) is 109. The van der Waals surface area contributed by atoms with Crippen LogP contribution in [0.1, 0.15) is 118 Å². The molecule has 5 heterocycles. The molecule has 0 aromatic heterocycles. The number of aliphatic imine (C=N–C) groups is 1. The minimum atomic E-state index is -0.839. The second kappa shape index (κ2) is 95.1. The van der Waals surface area contributed by atoms with Gasteiger partial charge in [0.15, 0.2) is 5.40 Å². The molecule has 7 unspecified atom stereocenters. The molecule has 29 nitrogen and oxygen atoms in total. The van der Waals surface area contributed by atoms with Crippen molar-refractivity contribution in [1.29, 1.82) is 5.26 Å². The molecule has 4 N–H and O–H groups in total. The SMILES string of the molecule is C.C.N#CSN1C(=O)CCC1=O.O=C1NCCO1.[B].[B]B([B])[B].[B][B]B([B])[B].[B][B][B].[CH-]=C(C=C1C[CH-]C[CH-]C(C(N=C=S)C(=O)N2CCOC2=O)[C]1=[W])OC.[CH-]=C(C=C1C[CH-]C[CH-]C(C2SC(=O)NC2=O)[C]1=[W])OC.[CH-]=C(C=C1C[CH-]C[CH-]C(CC(=O)N2CCOC2=O)[C]1=[W])OC.[CH-]=C(C=C1C[CH-]C[CH-]C(CC(=O)O)[C]1=[W])OC.[CH-]=C(C=C1C[CH-]C[CH-]C(CC(=O)OCC)[C]1=[W])OC.[Li+].[OH-].[Y].[Y].[Y].[Y].[Y]. The van der Waals surface area contributed by atoms with Gasteiger partial charge in [0.25, 0.3) is 0 Å². The fourth-order valence-corrected chi connectivity index (χ4v) is 19.8.